The summed E-state index contributed by atoms with van der Waals surface area (Å²) in [6.07, 6.45) is 2.40. The minimum absolute atomic E-state index is 0.0186. The van der Waals surface area contributed by atoms with Crippen LogP contribution >= 0.6 is 0 Å². The lowest BCUT2D eigenvalue weighted by atomic mass is 9.80. The van der Waals surface area contributed by atoms with Crippen LogP contribution in [-0.2, 0) is 19.0 Å². The highest BCUT2D eigenvalue weighted by atomic mass is 16.6. The molecule has 0 aliphatic heterocycles. The zero-order chi connectivity index (χ0) is 14.6. The second kappa shape index (κ2) is 11.2. The van der Waals surface area contributed by atoms with E-state index in [1.165, 1.54) is 0 Å². The van der Waals surface area contributed by atoms with Crippen LogP contribution in [0.25, 0.3) is 0 Å². The van der Waals surface area contributed by atoms with Crippen LogP contribution in [0.3, 0.4) is 0 Å². The van der Waals surface area contributed by atoms with E-state index < -0.39 is 0 Å². The summed E-state index contributed by atoms with van der Waals surface area (Å²) < 4.78 is 15.6. The fourth-order valence-corrected chi connectivity index (χ4v) is 1.92. The number of aliphatic hydroxyl groups excluding tert-OH is 1. The molecule has 0 aromatic heterocycles. The third kappa shape index (κ3) is 6.89. The molecule has 0 bridgehead atoms. The van der Waals surface area contributed by atoms with Gasteiger partial charge in [-0.1, -0.05) is 20.8 Å². The number of carbonyl (C=O) groups excluding carboxylic acids is 1. The zero-order valence-corrected chi connectivity index (χ0v) is 12.4. The summed E-state index contributed by atoms with van der Waals surface area (Å²) in [6.45, 7) is 7.93. The van der Waals surface area contributed by atoms with Gasteiger partial charge < -0.3 is 19.3 Å². The van der Waals surface area contributed by atoms with Crippen molar-refractivity contribution in [3.05, 3.63) is 0 Å². The molecule has 0 aromatic carbocycles. The van der Waals surface area contributed by atoms with Crippen LogP contribution in [0.1, 0.15) is 40.0 Å². The summed E-state index contributed by atoms with van der Waals surface area (Å²) in [6, 6.07) is 0. The molecule has 0 aliphatic rings. The van der Waals surface area contributed by atoms with Crippen LogP contribution in [-0.4, -0.2) is 50.7 Å². The first-order chi connectivity index (χ1) is 9.16. The van der Waals surface area contributed by atoms with Gasteiger partial charge in [0.15, 0.2) is 0 Å². The molecule has 0 aromatic rings. The standard InChI is InChI=1S/C14H28O5/c1-4-14(5-2,6-3)13(16)19-12-11-18-10-9-17-8-7-15/h15H,4-12H2,1-3H3. The Morgan fingerprint density at radius 2 is 1.37 bits per heavy atom. The van der Waals surface area contributed by atoms with E-state index in [-0.39, 0.29) is 24.6 Å². The Labute approximate surface area is 116 Å². The van der Waals surface area contributed by atoms with E-state index in [4.69, 9.17) is 19.3 Å². The largest absolute Gasteiger partial charge is 0.463 e. The van der Waals surface area contributed by atoms with Gasteiger partial charge in [0.25, 0.3) is 0 Å². The molecule has 0 aliphatic carbocycles. The molecule has 0 atom stereocenters. The van der Waals surface area contributed by atoms with E-state index in [2.05, 4.69) is 0 Å². The molecule has 0 saturated carbocycles. The number of hydrogen-bond acceptors (Lipinski definition) is 5. The molecular weight excluding hydrogens is 248 g/mol. The minimum atomic E-state index is -0.343. The van der Waals surface area contributed by atoms with Crippen LogP contribution in [0.2, 0.25) is 0 Å². The number of carbonyl (C=O) groups is 1. The quantitative estimate of drug-likeness (QED) is 0.435. The molecule has 5 heteroatoms. The summed E-state index contributed by atoms with van der Waals surface area (Å²) >= 11 is 0. The molecule has 5 nitrogen and oxygen atoms in total. The Kier molecular flexibility index (Phi) is 10.8. The number of aliphatic hydroxyl groups is 1. The van der Waals surface area contributed by atoms with Gasteiger partial charge in [0.1, 0.15) is 6.61 Å². The van der Waals surface area contributed by atoms with Crippen LogP contribution in [0.5, 0.6) is 0 Å². The van der Waals surface area contributed by atoms with Gasteiger partial charge in [0.2, 0.25) is 0 Å². The Bertz CT molecular complexity index is 218. The van der Waals surface area contributed by atoms with Crippen molar-refractivity contribution in [2.75, 3.05) is 39.6 Å². The lowest BCUT2D eigenvalue weighted by Gasteiger charge is -2.27. The Morgan fingerprint density at radius 3 is 1.84 bits per heavy atom. The molecule has 0 unspecified atom stereocenters. The third-order valence-corrected chi connectivity index (χ3v) is 3.53. The molecule has 0 fully saturated rings. The van der Waals surface area contributed by atoms with Crippen molar-refractivity contribution >= 4 is 5.97 Å². The molecule has 1 N–H and O–H groups in total. The molecule has 0 radical (unpaired) electrons. The highest BCUT2D eigenvalue weighted by Gasteiger charge is 2.34. The summed E-state index contributed by atoms with van der Waals surface area (Å²) in [4.78, 5) is 12.0. The first-order valence-electron chi connectivity index (χ1n) is 7.10. The van der Waals surface area contributed by atoms with Crippen molar-refractivity contribution in [1.82, 2.24) is 0 Å². The van der Waals surface area contributed by atoms with Crippen LogP contribution in [0, 0.1) is 5.41 Å². The SMILES string of the molecule is CCC(CC)(CC)C(=O)OCCOCCOCCO. The zero-order valence-electron chi connectivity index (χ0n) is 12.4. The van der Waals surface area contributed by atoms with Gasteiger partial charge >= 0.3 is 5.97 Å². The minimum Gasteiger partial charge on any atom is -0.463 e. The number of rotatable bonds is 12. The molecule has 0 amide bonds. The normalized spacial score (nSPS) is 11.6. The molecule has 0 saturated heterocycles. The van der Waals surface area contributed by atoms with E-state index in [1.54, 1.807) is 0 Å². The Morgan fingerprint density at radius 1 is 0.895 bits per heavy atom. The van der Waals surface area contributed by atoms with E-state index in [0.29, 0.717) is 26.4 Å². The van der Waals surface area contributed by atoms with Gasteiger partial charge in [-0.3, -0.25) is 4.79 Å². The Balaban J connectivity index is 3.68. The average Bonchev–Trinajstić information content (AvgIpc) is 2.44. The number of esters is 1. The number of ether oxygens (including phenoxy) is 3. The molecule has 0 rings (SSSR count). The van der Waals surface area contributed by atoms with Gasteiger partial charge in [-0.25, -0.2) is 0 Å². The van der Waals surface area contributed by atoms with Gasteiger partial charge in [-0.2, -0.15) is 0 Å². The Hall–Kier alpha value is -0.650. The molecular formula is C14H28O5. The molecule has 0 spiro atoms. The maximum absolute atomic E-state index is 12.0. The summed E-state index contributed by atoms with van der Waals surface area (Å²) in [5, 5.41) is 8.49. The summed E-state index contributed by atoms with van der Waals surface area (Å²) in [7, 11) is 0. The van der Waals surface area contributed by atoms with Gasteiger partial charge in [0.05, 0.1) is 38.4 Å². The first kappa shape index (κ1) is 18.4. The molecule has 19 heavy (non-hydrogen) atoms. The predicted molar refractivity (Wildman–Crippen MR) is 73.0 cm³/mol. The average molecular weight is 276 g/mol. The van der Waals surface area contributed by atoms with Crippen molar-refractivity contribution < 1.29 is 24.1 Å². The van der Waals surface area contributed by atoms with E-state index >= 15 is 0 Å². The summed E-state index contributed by atoms with van der Waals surface area (Å²) in [5.74, 6) is -0.125. The van der Waals surface area contributed by atoms with E-state index in [9.17, 15) is 4.79 Å². The van der Waals surface area contributed by atoms with Crippen molar-refractivity contribution in [3.63, 3.8) is 0 Å². The van der Waals surface area contributed by atoms with Crippen LogP contribution in [0.15, 0.2) is 0 Å². The topological polar surface area (TPSA) is 65.0 Å². The van der Waals surface area contributed by atoms with Crippen molar-refractivity contribution in [1.29, 1.82) is 0 Å². The second-order valence-corrected chi connectivity index (χ2v) is 4.43. The third-order valence-electron chi connectivity index (χ3n) is 3.53. The van der Waals surface area contributed by atoms with Crippen molar-refractivity contribution in [3.8, 4) is 0 Å². The monoisotopic (exact) mass is 276 g/mol. The molecule has 114 valence electrons. The van der Waals surface area contributed by atoms with Crippen molar-refractivity contribution in [2.45, 2.75) is 40.0 Å². The number of hydrogen-bond donors (Lipinski definition) is 1. The lowest BCUT2D eigenvalue weighted by Crippen LogP contribution is -2.32. The highest BCUT2D eigenvalue weighted by Crippen LogP contribution is 2.31. The van der Waals surface area contributed by atoms with E-state index in [0.717, 1.165) is 19.3 Å². The van der Waals surface area contributed by atoms with Gasteiger partial charge in [0, 0.05) is 0 Å². The van der Waals surface area contributed by atoms with Gasteiger partial charge in [-0.15, -0.1) is 0 Å². The lowest BCUT2D eigenvalue weighted by molar-refractivity contribution is -0.158. The van der Waals surface area contributed by atoms with Crippen LogP contribution in [0.4, 0.5) is 0 Å². The predicted octanol–water partition coefficient (Wildman–Crippen LogP) is 1.77. The molecule has 0 heterocycles. The smallest absolute Gasteiger partial charge is 0.312 e. The maximum atomic E-state index is 12.0. The highest BCUT2D eigenvalue weighted by molar-refractivity contribution is 5.76. The second-order valence-electron chi connectivity index (χ2n) is 4.43. The van der Waals surface area contributed by atoms with Crippen LogP contribution < -0.4 is 0 Å². The van der Waals surface area contributed by atoms with E-state index in [1.807, 2.05) is 20.8 Å². The summed E-state index contributed by atoms with van der Waals surface area (Å²) in [5.41, 5.74) is -0.343. The maximum Gasteiger partial charge on any atom is 0.312 e. The fraction of sp³-hybridized carbons (Fsp3) is 0.929. The first-order valence-corrected chi connectivity index (χ1v) is 7.10. The van der Waals surface area contributed by atoms with Gasteiger partial charge in [-0.05, 0) is 19.3 Å². The van der Waals surface area contributed by atoms with Crippen molar-refractivity contribution in [2.24, 2.45) is 5.41 Å². The fourth-order valence-electron chi connectivity index (χ4n) is 1.92.